The SMILES string of the molecule is Cl.NCC1CCCCC1NC(=O)C1CCN(C(=O)c2ccccc2)CC1. The summed E-state index contributed by atoms with van der Waals surface area (Å²) in [5.41, 5.74) is 6.58. The molecule has 1 heterocycles. The van der Waals surface area contributed by atoms with E-state index in [4.69, 9.17) is 5.73 Å². The molecule has 2 aliphatic rings. The van der Waals surface area contributed by atoms with Crippen molar-refractivity contribution in [3.05, 3.63) is 35.9 Å². The second-order valence-electron chi connectivity index (χ2n) is 7.33. The van der Waals surface area contributed by atoms with Gasteiger partial charge in [-0.3, -0.25) is 9.59 Å². The van der Waals surface area contributed by atoms with E-state index >= 15 is 0 Å². The first-order chi connectivity index (χ1) is 12.2. The van der Waals surface area contributed by atoms with Gasteiger partial charge in [0.1, 0.15) is 0 Å². The Morgan fingerprint density at radius 2 is 1.69 bits per heavy atom. The van der Waals surface area contributed by atoms with Crippen molar-refractivity contribution in [3.8, 4) is 0 Å². The van der Waals surface area contributed by atoms with Gasteiger partial charge >= 0.3 is 0 Å². The molecule has 3 N–H and O–H groups in total. The Labute approximate surface area is 162 Å². The summed E-state index contributed by atoms with van der Waals surface area (Å²) in [6.45, 7) is 1.95. The number of hydrogen-bond acceptors (Lipinski definition) is 3. The third kappa shape index (κ3) is 4.98. The Hall–Kier alpha value is -1.59. The number of rotatable bonds is 4. The molecule has 1 aliphatic carbocycles. The van der Waals surface area contributed by atoms with Crippen molar-refractivity contribution in [1.29, 1.82) is 0 Å². The van der Waals surface area contributed by atoms with E-state index in [9.17, 15) is 9.59 Å². The van der Waals surface area contributed by atoms with E-state index in [1.165, 1.54) is 12.8 Å². The van der Waals surface area contributed by atoms with Gasteiger partial charge in [-0.05, 0) is 50.3 Å². The summed E-state index contributed by atoms with van der Waals surface area (Å²) in [5, 5.41) is 3.24. The zero-order valence-electron chi connectivity index (χ0n) is 15.2. The fraction of sp³-hybridized carbons (Fsp3) is 0.600. The van der Waals surface area contributed by atoms with Crippen molar-refractivity contribution in [2.45, 2.75) is 44.6 Å². The van der Waals surface area contributed by atoms with Gasteiger partial charge in [-0.1, -0.05) is 31.0 Å². The number of hydrogen-bond donors (Lipinski definition) is 2. The fourth-order valence-electron chi connectivity index (χ4n) is 4.09. The lowest BCUT2D eigenvalue weighted by Gasteiger charge is -2.35. The van der Waals surface area contributed by atoms with Crippen molar-refractivity contribution < 1.29 is 9.59 Å². The lowest BCUT2D eigenvalue weighted by molar-refractivity contribution is -0.127. The molecule has 2 unspecified atom stereocenters. The smallest absolute Gasteiger partial charge is 0.253 e. The van der Waals surface area contributed by atoms with Gasteiger partial charge in [0.05, 0.1) is 0 Å². The average Bonchev–Trinajstić information content (AvgIpc) is 2.68. The first-order valence-electron chi connectivity index (χ1n) is 9.54. The van der Waals surface area contributed by atoms with Crippen molar-refractivity contribution in [3.63, 3.8) is 0 Å². The molecule has 0 spiro atoms. The molecular formula is C20H30ClN3O2. The van der Waals surface area contributed by atoms with Crippen LogP contribution >= 0.6 is 12.4 Å². The third-order valence-corrected chi connectivity index (χ3v) is 5.71. The molecule has 2 amide bonds. The molecule has 0 aromatic heterocycles. The number of halogens is 1. The van der Waals surface area contributed by atoms with Gasteiger partial charge < -0.3 is 16.0 Å². The number of nitrogens with zero attached hydrogens (tertiary/aromatic N) is 1. The van der Waals surface area contributed by atoms with Gasteiger partial charge in [-0.25, -0.2) is 0 Å². The molecular weight excluding hydrogens is 350 g/mol. The number of amides is 2. The van der Waals surface area contributed by atoms with E-state index in [2.05, 4.69) is 5.32 Å². The minimum Gasteiger partial charge on any atom is -0.353 e. The molecule has 26 heavy (non-hydrogen) atoms. The monoisotopic (exact) mass is 379 g/mol. The average molecular weight is 380 g/mol. The van der Waals surface area contributed by atoms with Gasteiger partial charge in [-0.2, -0.15) is 0 Å². The maximum Gasteiger partial charge on any atom is 0.253 e. The van der Waals surface area contributed by atoms with Crippen LogP contribution in [-0.4, -0.2) is 42.4 Å². The topological polar surface area (TPSA) is 75.4 Å². The molecule has 6 heteroatoms. The van der Waals surface area contributed by atoms with Crippen LogP contribution in [-0.2, 0) is 4.79 Å². The molecule has 144 valence electrons. The second kappa shape index (κ2) is 9.93. The van der Waals surface area contributed by atoms with Crippen LogP contribution in [0.5, 0.6) is 0 Å². The van der Waals surface area contributed by atoms with Gasteiger partial charge in [0, 0.05) is 30.6 Å². The molecule has 2 atom stereocenters. The van der Waals surface area contributed by atoms with Crippen molar-refractivity contribution in [1.82, 2.24) is 10.2 Å². The van der Waals surface area contributed by atoms with E-state index < -0.39 is 0 Å². The predicted octanol–water partition coefficient (Wildman–Crippen LogP) is 2.59. The second-order valence-corrected chi connectivity index (χ2v) is 7.33. The number of carbonyl (C=O) groups excluding carboxylic acids is 2. The Morgan fingerprint density at radius 1 is 1.04 bits per heavy atom. The van der Waals surface area contributed by atoms with Crippen LogP contribution in [0.2, 0.25) is 0 Å². The number of piperidine rings is 1. The summed E-state index contributed by atoms with van der Waals surface area (Å²) in [5.74, 6) is 0.643. The van der Waals surface area contributed by atoms with E-state index in [1.807, 2.05) is 35.2 Å². The molecule has 2 fully saturated rings. The van der Waals surface area contributed by atoms with Gasteiger partial charge in [-0.15, -0.1) is 12.4 Å². The largest absolute Gasteiger partial charge is 0.353 e. The number of carbonyl (C=O) groups is 2. The van der Waals surface area contributed by atoms with E-state index in [0.717, 1.165) is 31.2 Å². The molecule has 1 aliphatic heterocycles. The fourth-order valence-corrected chi connectivity index (χ4v) is 4.09. The molecule has 0 bridgehead atoms. The Kier molecular flexibility index (Phi) is 7.91. The number of nitrogens with one attached hydrogen (secondary N) is 1. The van der Waals surface area contributed by atoms with Crippen molar-refractivity contribution in [2.24, 2.45) is 17.6 Å². The van der Waals surface area contributed by atoms with Crippen LogP contribution < -0.4 is 11.1 Å². The molecule has 3 rings (SSSR count). The summed E-state index contributed by atoms with van der Waals surface area (Å²) in [6.07, 6.45) is 6.03. The highest BCUT2D eigenvalue weighted by Crippen LogP contribution is 2.25. The Balaban J connectivity index is 0.00000243. The lowest BCUT2D eigenvalue weighted by Crippen LogP contribution is -2.49. The highest BCUT2D eigenvalue weighted by atomic mass is 35.5. The van der Waals surface area contributed by atoms with Crippen LogP contribution in [0.1, 0.15) is 48.9 Å². The highest BCUT2D eigenvalue weighted by molar-refractivity contribution is 5.94. The van der Waals surface area contributed by atoms with Crippen LogP contribution in [0, 0.1) is 11.8 Å². The molecule has 1 saturated heterocycles. The van der Waals surface area contributed by atoms with Gasteiger partial charge in [0.2, 0.25) is 5.91 Å². The highest BCUT2D eigenvalue weighted by Gasteiger charge is 2.31. The number of benzene rings is 1. The first-order valence-corrected chi connectivity index (χ1v) is 9.54. The Bertz CT molecular complexity index is 588. The van der Waals surface area contributed by atoms with E-state index in [0.29, 0.717) is 25.6 Å². The number of nitrogens with two attached hydrogens (primary N) is 1. The van der Waals surface area contributed by atoms with Crippen LogP contribution in [0.4, 0.5) is 0 Å². The quantitative estimate of drug-likeness (QED) is 0.844. The van der Waals surface area contributed by atoms with Crippen molar-refractivity contribution in [2.75, 3.05) is 19.6 Å². The first kappa shape index (κ1) is 20.7. The standard InChI is InChI=1S/C20H29N3O2.ClH/c21-14-17-8-4-5-9-18(17)22-19(24)15-10-12-23(13-11-15)20(25)16-6-2-1-3-7-16;/h1-3,6-7,15,17-18H,4-5,8-14,21H2,(H,22,24);1H. The maximum atomic E-state index is 12.6. The van der Waals surface area contributed by atoms with Gasteiger partial charge in [0.25, 0.3) is 5.91 Å². The predicted molar refractivity (Wildman–Crippen MR) is 105 cm³/mol. The Morgan fingerprint density at radius 3 is 2.35 bits per heavy atom. The summed E-state index contributed by atoms with van der Waals surface area (Å²) in [4.78, 5) is 27.0. The number of likely N-dealkylation sites (tertiary alicyclic amines) is 1. The molecule has 1 aromatic rings. The zero-order valence-corrected chi connectivity index (χ0v) is 16.0. The minimum atomic E-state index is 0. The van der Waals surface area contributed by atoms with Gasteiger partial charge in [0.15, 0.2) is 0 Å². The third-order valence-electron chi connectivity index (χ3n) is 5.71. The van der Waals surface area contributed by atoms with Crippen LogP contribution in [0.25, 0.3) is 0 Å². The summed E-state index contributed by atoms with van der Waals surface area (Å²) in [7, 11) is 0. The van der Waals surface area contributed by atoms with Crippen LogP contribution in [0.3, 0.4) is 0 Å². The maximum absolute atomic E-state index is 12.6. The van der Waals surface area contributed by atoms with E-state index in [-0.39, 0.29) is 36.2 Å². The molecule has 0 radical (unpaired) electrons. The van der Waals surface area contributed by atoms with Crippen molar-refractivity contribution >= 4 is 24.2 Å². The molecule has 5 nitrogen and oxygen atoms in total. The summed E-state index contributed by atoms with van der Waals surface area (Å²) < 4.78 is 0. The normalized spacial score (nSPS) is 23.8. The molecule has 1 aromatic carbocycles. The lowest BCUT2D eigenvalue weighted by atomic mass is 9.84. The summed E-state index contributed by atoms with van der Waals surface area (Å²) >= 11 is 0. The summed E-state index contributed by atoms with van der Waals surface area (Å²) in [6, 6.07) is 9.59. The van der Waals surface area contributed by atoms with Crippen LogP contribution in [0.15, 0.2) is 30.3 Å². The van der Waals surface area contributed by atoms with E-state index in [1.54, 1.807) is 0 Å². The minimum absolute atomic E-state index is 0. The zero-order chi connectivity index (χ0) is 17.6. The molecule has 1 saturated carbocycles.